The normalized spacial score (nSPS) is 23.8. The summed E-state index contributed by atoms with van der Waals surface area (Å²) in [5.74, 6) is -0.904. The highest BCUT2D eigenvalue weighted by atomic mass is 16.4. The van der Waals surface area contributed by atoms with Crippen LogP contribution >= 0.6 is 0 Å². The lowest BCUT2D eigenvalue weighted by Gasteiger charge is -2.21. The van der Waals surface area contributed by atoms with Crippen LogP contribution in [0.1, 0.15) is 48.0 Å². The molecule has 1 aromatic rings. The molecule has 0 aliphatic heterocycles. The van der Waals surface area contributed by atoms with Gasteiger partial charge in [-0.1, -0.05) is 31.4 Å². The van der Waals surface area contributed by atoms with E-state index < -0.39 is 5.97 Å². The Kier molecular flexibility index (Phi) is 4.93. The first-order valence-electron chi connectivity index (χ1n) is 6.90. The van der Waals surface area contributed by atoms with Crippen molar-refractivity contribution >= 4 is 5.97 Å². The quantitative estimate of drug-likeness (QED) is 0.728. The van der Waals surface area contributed by atoms with E-state index in [0.29, 0.717) is 12.1 Å². The average molecular weight is 263 g/mol. The first kappa shape index (κ1) is 14.0. The van der Waals surface area contributed by atoms with Crippen molar-refractivity contribution in [2.24, 2.45) is 0 Å². The van der Waals surface area contributed by atoms with Gasteiger partial charge in [-0.2, -0.15) is 0 Å². The maximum Gasteiger partial charge on any atom is 0.335 e. The smallest absolute Gasteiger partial charge is 0.335 e. The Bertz CT molecular complexity index is 416. The van der Waals surface area contributed by atoms with Crippen molar-refractivity contribution in [1.29, 1.82) is 0 Å². The number of rotatable bonds is 4. The standard InChI is InChI=1S/C15H21NO3/c17-14-5-3-1-2-4-13(14)16-10-11-6-8-12(9-7-11)15(18)19/h6-9,13-14,16-17H,1-5,10H2,(H,18,19). The van der Waals surface area contributed by atoms with E-state index in [4.69, 9.17) is 5.11 Å². The third kappa shape index (κ3) is 4.04. The zero-order valence-electron chi connectivity index (χ0n) is 11.0. The summed E-state index contributed by atoms with van der Waals surface area (Å²) in [5.41, 5.74) is 1.35. The summed E-state index contributed by atoms with van der Waals surface area (Å²) in [6, 6.07) is 7.02. The van der Waals surface area contributed by atoms with Crippen LogP contribution in [0.15, 0.2) is 24.3 Å². The molecule has 3 N–H and O–H groups in total. The Hall–Kier alpha value is -1.39. The molecule has 4 heteroatoms. The van der Waals surface area contributed by atoms with Crippen LogP contribution in [0, 0.1) is 0 Å². The van der Waals surface area contributed by atoms with Gasteiger partial charge in [-0.3, -0.25) is 0 Å². The molecule has 2 rings (SSSR count). The van der Waals surface area contributed by atoms with Gasteiger partial charge in [0, 0.05) is 12.6 Å². The van der Waals surface area contributed by atoms with Crippen molar-refractivity contribution in [3.8, 4) is 0 Å². The Balaban J connectivity index is 1.88. The van der Waals surface area contributed by atoms with Crippen LogP contribution in [0.25, 0.3) is 0 Å². The second-order valence-corrected chi connectivity index (χ2v) is 5.19. The molecule has 19 heavy (non-hydrogen) atoms. The number of aliphatic hydroxyl groups excluding tert-OH is 1. The Morgan fingerprint density at radius 1 is 1.16 bits per heavy atom. The van der Waals surface area contributed by atoms with Crippen LogP contribution in [0.5, 0.6) is 0 Å². The number of nitrogens with one attached hydrogen (secondary N) is 1. The first-order valence-corrected chi connectivity index (χ1v) is 6.90. The number of hydrogen-bond acceptors (Lipinski definition) is 3. The van der Waals surface area contributed by atoms with Gasteiger partial charge < -0.3 is 15.5 Å². The molecule has 0 amide bonds. The molecule has 0 aromatic heterocycles. The van der Waals surface area contributed by atoms with E-state index in [1.807, 2.05) is 12.1 Å². The predicted octanol–water partition coefficient (Wildman–Crippen LogP) is 2.17. The number of aromatic carboxylic acids is 1. The minimum Gasteiger partial charge on any atom is -0.478 e. The summed E-state index contributed by atoms with van der Waals surface area (Å²) in [5, 5.41) is 22.2. The van der Waals surface area contributed by atoms with Crippen LogP contribution in [0.2, 0.25) is 0 Å². The highest BCUT2D eigenvalue weighted by Crippen LogP contribution is 2.18. The second kappa shape index (κ2) is 6.68. The summed E-state index contributed by atoms with van der Waals surface area (Å²) >= 11 is 0. The molecule has 0 radical (unpaired) electrons. The number of aliphatic hydroxyl groups is 1. The lowest BCUT2D eigenvalue weighted by Crippen LogP contribution is -2.38. The molecule has 2 atom stereocenters. The zero-order chi connectivity index (χ0) is 13.7. The molecule has 2 unspecified atom stereocenters. The minimum absolute atomic E-state index is 0.154. The molecule has 0 heterocycles. The third-order valence-electron chi connectivity index (χ3n) is 3.75. The van der Waals surface area contributed by atoms with E-state index in [-0.39, 0.29) is 12.1 Å². The number of benzene rings is 1. The maximum atomic E-state index is 10.7. The van der Waals surface area contributed by atoms with Crippen molar-refractivity contribution in [1.82, 2.24) is 5.32 Å². The number of hydrogen-bond donors (Lipinski definition) is 3. The summed E-state index contributed by atoms with van der Waals surface area (Å²) in [6.45, 7) is 0.668. The monoisotopic (exact) mass is 263 g/mol. The largest absolute Gasteiger partial charge is 0.478 e. The van der Waals surface area contributed by atoms with Crippen LogP contribution in [0.4, 0.5) is 0 Å². The lowest BCUT2D eigenvalue weighted by atomic mass is 10.1. The Morgan fingerprint density at radius 2 is 1.84 bits per heavy atom. The van der Waals surface area contributed by atoms with Crippen molar-refractivity contribution in [2.45, 2.75) is 50.8 Å². The molecule has 104 valence electrons. The number of carboxylic acids is 1. The van der Waals surface area contributed by atoms with Gasteiger partial charge in [0.25, 0.3) is 0 Å². The van der Waals surface area contributed by atoms with Crippen molar-refractivity contribution < 1.29 is 15.0 Å². The fraction of sp³-hybridized carbons (Fsp3) is 0.533. The zero-order valence-corrected chi connectivity index (χ0v) is 11.0. The third-order valence-corrected chi connectivity index (χ3v) is 3.75. The molecular formula is C15H21NO3. The molecule has 0 saturated heterocycles. The topological polar surface area (TPSA) is 69.6 Å². The molecule has 1 aromatic carbocycles. The van der Waals surface area contributed by atoms with E-state index in [0.717, 1.165) is 31.2 Å². The van der Waals surface area contributed by atoms with E-state index in [1.165, 1.54) is 6.42 Å². The Morgan fingerprint density at radius 3 is 2.53 bits per heavy atom. The van der Waals surface area contributed by atoms with Crippen molar-refractivity contribution in [3.05, 3.63) is 35.4 Å². The van der Waals surface area contributed by atoms with E-state index in [2.05, 4.69) is 5.32 Å². The summed E-state index contributed by atoms with van der Waals surface area (Å²) in [6.07, 6.45) is 5.08. The van der Waals surface area contributed by atoms with Gasteiger partial charge in [-0.15, -0.1) is 0 Å². The molecule has 0 spiro atoms. The van der Waals surface area contributed by atoms with Gasteiger partial charge in [0.05, 0.1) is 11.7 Å². The van der Waals surface area contributed by atoms with Crippen LogP contribution < -0.4 is 5.32 Å². The molecule has 0 bridgehead atoms. The van der Waals surface area contributed by atoms with Gasteiger partial charge in [0.15, 0.2) is 0 Å². The first-order chi connectivity index (χ1) is 9.16. The van der Waals surface area contributed by atoms with Crippen LogP contribution in [-0.4, -0.2) is 28.3 Å². The van der Waals surface area contributed by atoms with Crippen molar-refractivity contribution in [3.63, 3.8) is 0 Å². The van der Waals surface area contributed by atoms with Crippen LogP contribution in [0.3, 0.4) is 0 Å². The molecule has 1 saturated carbocycles. The lowest BCUT2D eigenvalue weighted by molar-refractivity contribution is 0.0697. The number of carboxylic acid groups (broad SMARTS) is 1. The SMILES string of the molecule is O=C(O)c1ccc(CNC2CCCCCC2O)cc1. The molecule has 1 fully saturated rings. The maximum absolute atomic E-state index is 10.7. The van der Waals surface area contributed by atoms with E-state index >= 15 is 0 Å². The summed E-state index contributed by atoms with van der Waals surface area (Å²) in [4.78, 5) is 10.7. The second-order valence-electron chi connectivity index (χ2n) is 5.19. The molecule has 1 aliphatic carbocycles. The Labute approximate surface area is 113 Å². The fourth-order valence-electron chi connectivity index (χ4n) is 2.54. The van der Waals surface area contributed by atoms with Gasteiger partial charge in [-0.25, -0.2) is 4.79 Å². The average Bonchev–Trinajstić information content (AvgIpc) is 2.61. The van der Waals surface area contributed by atoms with Gasteiger partial charge >= 0.3 is 5.97 Å². The summed E-state index contributed by atoms with van der Waals surface area (Å²) in [7, 11) is 0. The predicted molar refractivity (Wildman–Crippen MR) is 73.1 cm³/mol. The summed E-state index contributed by atoms with van der Waals surface area (Å²) < 4.78 is 0. The highest BCUT2D eigenvalue weighted by Gasteiger charge is 2.20. The van der Waals surface area contributed by atoms with Gasteiger partial charge in [-0.05, 0) is 30.5 Å². The van der Waals surface area contributed by atoms with E-state index in [9.17, 15) is 9.90 Å². The van der Waals surface area contributed by atoms with Gasteiger partial charge in [0.1, 0.15) is 0 Å². The highest BCUT2D eigenvalue weighted by molar-refractivity contribution is 5.87. The van der Waals surface area contributed by atoms with Crippen molar-refractivity contribution in [2.75, 3.05) is 0 Å². The van der Waals surface area contributed by atoms with E-state index in [1.54, 1.807) is 12.1 Å². The number of carbonyl (C=O) groups is 1. The van der Waals surface area contributed by atoms with Gasteiger partial charge in [0.2, 0.25) is 0 Å². The molecule has 1 aliphatic rings. The fourth-order valence-corrected chi connectivity index (χ4v) is 2.54. The molecular weight excluding hydrogens is 242 g/mol. The molecule has 4 nitrogen and oxygen atoms in total. The minimum atomic E-state index is -0.904. The van der Waals surface area contributed by atoms with Crippen LogP contribution in [-0.2, 0) is 6.54 Å².